The summed E-state index contributed by atoms with van der Waals surface area (Å²) in [5.74, 6) is 0. The number of hydrogen-bond acceptors (Lipinski definition) is 1. The van der Waals surface area contributed by atoms with Crippen molar-refractivity contribution in [2.24, 2.45) is 0 Å². The molecule has 14 rings (SSSR count). The lowest BCUT2D eigenvalue weighted by Crippen LogP contribution is -2.43. The Labute approximate surface area is 379 Å². The second kappa shape index (κ2) is 13.6. The zero-order valence-corrected chi connectivity index (χ0v) is 35.6. The summed E-state index contributed by atoms with van der Waals surface area (Å²) in [6.07, 6.45) is 0. The van der Waals surface area contributed by atoms with Crippen molar-refractivity contribution >= 4 is 38.6 Å². The van der Waals surface area contributed by atoms with Crippen LogP contribution < -0.4 is 4.90 Å². The van der Waals surface area contributed by atoms with Crippen molar-refractivity contribution < 1.29 is 0 Å². The smallest absolute Gasteiger partial charge is 0.0720 e. The first kappa shape index (κ1) is 36.2. The average Bonchev–Trinajstić information content (AvgIpc) is 3.85. The topological polar surface area (TPSA) is 3.24 Å². The van der Waals surface area contributed by atoms with E-state index in [1.165, 1.54) is 99.4 Å². The lowest BCUT2D eigenvalue weighted by Gasteiger charge is -2.48. The minimum atomic E-state index is -0.584. The molecular weight excluding hydrogens is 783 g/mol. The highest BCUT2D eigenvalue weighted by molar-refractivity contribution is 6.02. The van der Waals surface area contributed by atoms with Gasteiger partial charge in [-0.3, -0.25) is 0 Å². The van der Waals surface area contributed by atoms with Crippen molar-refractivity contribution in [3.05, 3.63) is 293 Å². The van der Waals surface area contributed by atoms with E-state index in [1.54, 1.807) is 0 Å². The van der Waals surface area contributed by atoms with Crippen LogP contribution in [0.4, 0.5) is 17.1 Å². The molecule has 3 aliphatic rings. The zero-order chi connectivity index (χ0) is 42.7. The number of benzene rings is 11. The number of nitrogens with zero attached hydrogens (tertiary/aromatic N) is 1. The average molecular weight is 824 g/mol. The van der Waals surface area contributed by atoms with Gasteiger partial charge in [0.25, 0.3) is 0 Å². The van der Waals surface area contributed by atoms with Gasteiger partial charge in [-0.15, -0.1) is 0 Å². The van der Waals surface area contributed by atoms with Gasteiger partial charge in [0.15, 0.2) is 0 Å². The van der Waals surface area contributed by atoms with Crippen molar-refractivity contribution in [2.75, 3.05) is 4.90 Å². The quantitative estimate of drug-likeness (QED) is 0.171. The molecule has 2 spiro atoms. The Balaban J connectivity index is 1.05. The third-order valence-corrected chi connectivity index (χ3v) is 14.9. The summed E-state index contributed by atoms with van der Waals surface area (Å²) in [4.78, 5) is 2.51. The summed E-state index contributed by atoms with van der Waals surface area (Å²) in [6.45, 7) is 0. The molecule has 1 nitrogen and oxygen atoms in total. The van der Waals surface area contributed by atoms with E-state index in [4.69, 9.17) is 0 Å². The van der Waals surface area contributed by atoms with Crippen LogP contribution in [0, 0.1) is 0 Å². The molecule has 1 heteroatoms. The summed E-state index contributed by atoms with van der Waals surface area (Å²) in [5.41, 5.74) is 20.7. The molecule has 0 atom stereocenters. The lowest BCUT2D eigenvalue weighted by atomic mass is 9.52. The van der Waals surface area contributed by atoms with Crippen molar-refractivity contribution in [1.29, 1.82) is 0 Å². The SMILES string of the molecule is c1ccc(-c2ccc3cc(N(c4ccc5ccccc5c4)c4cccc5c4-c4ccccc4C54c5ccccc5C5(c6ccccc6-c6ccccc65)c5ccccc54)ccc3c2)cc1. The molecule has 0 unspecified atom stereocenters. The van der Waals surface area contributed by atoms with Crippen LogP contribution in [0.2, 0.25) is 0 Å². The molecular formula is C64H41N. The van der Waals surface area contributed by atoms with Gasteiger partial charge in [-0.05, 0) is 130 Å². The van der Waals surface area contributed by atoms with E-state index in [0.717, 1.165) is 17.1 Å². The third-order valence-electron chi connectivity index (χ3n) is 14.9. The molecule has 11 aromatic carbocycles. The zero-order valence-electron chi connectivity index (χ0n) is 35.6. The molecule has 0 amide bonds. The summed E-state index contributed by atoms with van der Waals surface area (Å²) < 4.78 is 0. The van der Waals surface area contributed by atoms with Gasteiger partial charge in [-0.25, -0.2) is 0 Å². The Hall–Kier alpha value is -8.26. The van der Waals surface area contributed by atoms with Crippen LogP contribution >= 0.6 is 0 Å². The molecule has 302 valence electrons. The fraction of sp³-hybridized carbons (Fsp3) is 0.0312. The standard InChI is InChI=1S/C64H41N/c1-2-17-42(18-3-1)45-33-34-47-41-49(38-36-46(47)39-45)65(48-37-35-43-19-4-5-20-44(43)40-48)61-32-16-31-60-62(61)52-23-8-11-26-55(52)64(60)58-29-14-12-27-56(58)63(57-28-13-15-30-59(57)64)53-24-9-6-21-50(53)51-22-7-10-25-54(51)63/h1-41H. The molecule has 0 aliphatic heterocycles. The van der Waals surface area contributed by atoms with E-state index in [2.05, 4.69) is 254 Å². The van der Waals surface area contributed by atoms with E-state index < -0.39 is 10.8 Å². The van der Waals surface area contributed by atoms with Gasteiger partial charge in [0.05, 0.1) is 16.5 Å². The van der Waals surface area contributed by atoms with Crippen molar-refractivity contribution in [3.63, 3.8) is 0 Å². The molecule has 0 aromatic heterocycles. The van der Waals surface area contributed by atoms with Crippen LogP contribution in [0.5, 0.6) is 0 Å². The predicted molar refractivity (Wildman–Crippen MR) is 270 cm³/mol. The monoisotopic (exact) mass is 823 g/mol. The number of hydrogen-bond donors (Lipinski definition) is 0. The molecule has 65 heavy (non-hydrogen) atoms. The van der Waals surface area contributed by atoms with E-state index >= 15 is 0 Å². The van der Waals surface area contributed by atoms with E-state index in [0.29, 0.717) is 0 Å². The number of anilines is 3. The minimum Gasteiger partial charge on any atom is -0.310 e. The largest absolute Gasteiger partial charge is 0.310 e. The Kier molecular flexibility index (Phi) is 7.59. The Morgan fingerprint density at radius 2 is 0.662 bits per heavy atom. The molecule has 0 bridgehead atoms. The van der Waals surface area contributed by atoms with Gasteiger partial charge in [0.2, 0.25) is 0 Å². The second-order valence-corrected chi connectivity index (χ2v) is 17.9. The van der Waals surface area contributed by atoms with Crippen molar-refractivity contribution in [2.45, 2.75) is 10.8 Å². The summed E-state index contributed by atoms with van der Waals surface area (Å²) in [7, 11) is 0. The van der Waals surface area contributed by atoms with Gasteiger partial charge in [0.1, 0.15) is 0 Å². The maximum Gasteiger partial charge on any atom is 0.0720 e. The highest BCUT2D eigenvalue weighted by Crippen LogP contribution is 2.68. The molecule has 0 radical (unpaired) electrons. The van der Waals surface area contributed by atoms with E-state index in [9.17, 15) is 0 Å². The molecule has 0 heterocycles. The van der Waals surface area contributed by atoms with Gasteiger partial charge >= 0.3 is 0 Å². The van der Waals surface area contributed by atoms with Gasteiger partial charge in [0, 0.05) is 16.9 Å². The maximum atomic E-state index is 2.51. The molecule has 0 fully saturated rings. The predicted octanol–water partition coefficient (Wildman–Crippen LogP) is 16.2. The van der Waals surface area contributed by atoms with Gasteiger partial charge in [-0.1, -0.05) is 212 Å². The molecule has 3 aliphatic carbocycles. The maximum absolute atomic E-state index is 2.51. The van der Waals surface area contributed by atoms with Crippen LogP contribution in [0.25, 0.3) is 54.9 Å². The van der Waals surface area contributed by atoms with Crippen LogP contribution in [0.1, 0.15) is 44.5 Å². The Morgan fingerprint density at radius 1 is 0.246 bits per heavy atom. The molecule has 11 aromatic rings. The summed E-state index contributed by atoms with van der Waals surface area (Å²) in [6, 6.07) is 93.5. The van der Waals surface area contributed by atoms with E-state index in [-0.39, 0.29) is 0 Å². The first-order chi connectivity index (χ1) is 32.2. The second-order valence-electron chi connectivity index (χ2n) is 17.9. The van der Waals surface area contributed by atoms with Crippen molar-refractivity contribution in [1.82, 2.24) is 0 Å². The van der Waals surface area contributed by atoms with Crippen molar-refractivity contribution in [3.8, 4) is 33.4 Å². The van der Waals surface area contributed by atoms with Gasteiger partial charge in [-0.2, -0.15) is 0 Å². The van der Waals surface area contributed by atoms with Crippen LogP contribution in [0.15, 0.2) is 249 Å². The first-order valence-electron chi connectivity index (χ1n) is 22.8. The highest BCUT2D eigenvalue weighted by Gasteiger charge is 2.59. The normalized spacial score (nSPS) is 14.1. The van der Waals surface area contributed by atoms with Crippen LogP contribution in [-0.2, 0) is 10.8 Å². The molecule has 0 saturated heterocycles. The fourth-order valence-corrected chi connectivity index (χ4v) is 12.4. The number of fused-ring (bicyclic) bond motifs is 18. The summed E-state index contributed by atoms with van der Waals surface area (Å²) >= 11 is 0. The van der Waals surface area contributed by atoms with Gasteiger partial charge < -0.3 is 4.90 Å². The Morgan fingerprint density at radius 3 is 1.28 bits per heavy atom. The fourth-order valence-electron chi connectivity index (χ4n) is 12.4. The van der Waals surface area contributed by atoms with Crippen LogP contribution in [0.3, 0.4) is 0 Å². The van der Waals surface area contributed by atoms with E-state index in [1.807, 2.05) is 0 Å². The molecule has 0 N–H and O–H groups in total. The lowest BCUT2D eigenvalue weighted by molar-refractivity contribution is 0.633. The summed E-state index contributed by atoms with van der Waals surface area (Å²) in [5, 5.41) is 4.86. The number of rotatable bonds is 4. The first-order valence-corrected chi connectivity index (χ1v) is 22.8. The third kappa shape index (κ3) is 4.82. The van der Waals surface area contributed by atoms with Crippen LogP contribution in [-0.4, -0.2) is 0 Å². The Bertz CT molecular complexity index is 3650. The minimum absolute atomic E-state index is 0.483. The molecule has 0 saturated carbocycles. The highest BCUT2D eigenvalue weighted by atomic mass is 15.1.